The maximum atomic E-state index is 13.4. The number of carbonyl (C=O) groups excluding carboxylic acids is 3. The number of allylic oxidation sites excluding steroid dienone is 1. The SMILES string of the molecule is COc1ccc(OC)c(/C=C(\NC(=O)c2ccccc2)C(=O)Nc2ccc(C(=O)/C=C/c3ccccc3C)cc2)c1. The van der Waals surface area contributed by atoms with Crippen LogP contribution in [0.15, 0.2) is 109 Å². The lowest BCUT2D eigenvalue weighted by molar-refractivity contribution is -0.113. The molecule has 0 atom stereocenters. The summed E-state index contributed by atoms with van der Waals surface area (Å²) in [4.78, 5) is 39.0. The van der Waals surface area contributed by atoms with Gasteiger partial charge >= 0.3 is 0 Å². The number of carbonyl (C=O) groups is 3. The number of methoxy groups -OCH3 is 2. The average Bonchev–Trinajstić information content (AvgIpc) is 3.00. The van der Waals surface area contributed by atoms with Crippen LogP contribution < -0.4 is 20.1 Å². The first-order chi connectivity index (χ1) is 19.9. The molecular weight excluding hydrogens is 516 g/mol. The zero-order chi connectivity index (χ0) is 29.2. The van der Waals surface area contributed by atoms with Gasteiger partial charge < -0.3 is 20.1 Å². The smallest absolute Gasteiger partial charge is 0.272 e. The van der Waals surface area contributed by atoms with Crippen LogP contribution >= 0.6 is 0 Å². The van der Waals surface area contributed by atoms with E-state index in [9.17, 15) is 14.4 Å². The molecule has 2 amide bonds. The Morgan fingerprint density at radius 1 is 0.732 bits per heavy atom. The summed E-state index contributed by atoms with van der Waals surface area (Å²) in [6, 6.07) is 28.1. The van der Waals surface area contributed by atoms with Gasteiger partial charge in [-0.25, -0.2) is 0 Å². The summed E-state index contributed by atoms with van der Waals surface area (Å²) in [5, 5.41) is 5.50. The van der Waals surface area contributed by atoms with Crippen LogP contribution in [0.25, 0.3) is 12.2 Å². The minimum atomic E-state index is -0.558. The molecular formula is C34H30N2O5. The molecule has 0 aromatic heterocycles. The van der Waals surface area contributed by atoms with Crippen molar-refractivity contribution in [2.24, 2.45) is 0 Å². The fourth-order valence-electron chi connectivity index (χ4n) is 4.00. The van der Waals surface area contributed by atoms with Crippen molar-refractivity contribution in [1.82, 2.24) is 5.32 Å². The standard InChI is InChI=1S/C34H30N2O5/c1-23-9-7-8-10-24(23)15-19-31(37)25-13-16-28(17-14-25)35-34(39)30(36-33(38)26-11-5-4-6-12-26)22-27-21-29(40-2)18-20-32(27)41-3/h4-22H,1-3H3,(H,35,39)(H,36,38)/b19-15+,30-22-. The number of benzene rings is 4. The van der Waals surface area contributed by atoms with E-state index >= 15 is 0 Å². The van der Waals surface area contributed by atoms with Gasteiger partial charge in [0.15, 0.2) is 5.78 Å². The second kappa shape index (κ2) is 13.6. The van der Waals surface area contributed by atoms with Crippen molar-refractivity contribution in [3.63, 3.8) is 0 Å². The van der Waals surface area contributed by atoms with Gasteiger partial charge in [-0.15, -0.1) is 0 Å². The minimum Gasteiger partial charge on any atom is -0.497 e. The molecule has 41 heavy (non-hydrogen) atoms. The molecule has 2 N–H and O–H groups in total. The van der Waals surface area contributed by atoms with E-state index in [1.807, 2.05) is 31.2 Å². The molecule has 0 aliphatic carbocycles. The summed E-state index contributed by atoms with van der Waals surface area (Å²) < 4.78 is 10.8. The second-order valence-electron chi connectivity index (χ2n) is 9.07. The molecule has 0 saturated heterocycles. The van der Waals surface area contributed by atoms with Gasteiger partial charge in [-0.2, -0.15) is 0 Å². The Morgan fingerprint density at radius 2 is 1.44 bits per heavy atom. The zero-order valence-electron chi connectivity index (χ0n) is 23.0. The van der Waals surface area contributed by atoms with E-state index < -0.39 is 11.8 Å². The Labute approximate surface area is 239 Å². The van der Waals surface area contributed by atoms with Gasteiger partial charge in [-0.05, 0) is 84.8 Å². The maximum Gasteiger partial charge on any atom is 0.272 e. The van der Waals surface area contributed by atoms with Crippen LogP contribution in [-0.4, -0.2) is 31.8 Å². The molecule has 7 nitrogen and oxygen atoms in total. The predicted molar refractivity (Wildman–Crippen MR) is 161 cm³/mol. The van der Waals surface area contributed by atoms with Crippen molar-refractivity contribution in [2.75, 3.05) is 19.5 Å². The molecule has 0 aliphatic rings. The highest BCUT2D eigenvalue weighted by molar-refractivity contribution is 6.11. The van der Waals surface area contributed by atoms with Crippen LogP contribution in [0.1, 0.15) is 37.4 Å². The molecule has 0 heterocycles. The number of hydrogen-bond acceptors (Lipinski definition) is 5. The van der Waals surface area contributed by atoms with Gasteiger partial charge in [0.05, 0.1) is 14.2 Å². The Hall–Kier alpha value is -5.43. The summed E-state index contributed by atoms with van der Waals surface area (Å²) in [5.74, 6) is -0.116. The first-order valence-corrected chi connectivity index (χ1v) is 12.9. The zero-order valence-corrected chi connectivity index (χ0v) is 23.0. The molecule has 4 aromatic carbocycles. The molecule has 4 rings (SSSR count). The van der Waals surface area contributed by atoms with E-state index in [0.717, 1.165) is 11.1 Å². The molecule has 0 saturated carbocycles. The molecule has 4 aromatic rings. The van der Waals surface area contributed by atoms with Gasteiger partial charge in [0, 0.05) is 22.4 Å². The number of aryl methyl sites for hydroxylation is 1. The van der Waals surface area contributed by atoms with Crippen LogP contribution in [0.2, 0.25) is 0 Å². The van der Waals surface area contributed by atoms with E-state index in [-0.39, 0.29) is 11.5 Å². The molecule has 0 aliphatic heterocycles. The number of hydrogen-bond donors (Lipinski definition) is 2. The number of ether oxygens (including phenoxy) is 2. The molecule has 206 valence electrons. The number of anilines is 1. The van der Waals surface area contributed by atoms with E-state index in [4.69, 9.17) is 9.47 Å². The number of ketones is 1. The van der Waals surface area contributed by atoms with Crippen molar-refractivity contribution in [3.8, 4) is 11.5 Å². The average molecular weight is 547 g/mol. The number of amides is 2. The van der Waals surface area contributed by atoms with Gasteiger partial charge in [-0.3, -0.25) is 14.4 Å². The van der Waals surface area contributed by atoms with Gasteiger partial charge in [0.2, 0.25) is 0 Å². The lowest BCUT2D eigenvalue weighted by Crippen LogP contribution is -2.30. The summed E-state index contributed by atoms with van der Waals surface area (Å²) >= 11 is 0. The van der Waals surface area contributed by atoms with Gasteiger partial charge in [-0.1, -0.05) is 48.5 Å². The largest absolute Gasteiger partial charge is 0.497 e. The molecule has 0 unspecified atom stereocenters. The Kier molecular flexibility index (Phi) is 9.46. The number of rotatable bonds is 10. The van der Waals surface area contributed by atoms with E-state index in [1.54, 1.807) is 78.9 Å². The van der Waals surface area contributed by atoms with Crippen LogP contribution in [0, 0.1) is 6.92 Å². The molecule has 0 radical (unpaired) electrons. The van der Waals surface area contributed by atoms with Gasteiger partial charge in [0.1, 0.15) is 17.2 Å². The third-order valence-corrected chi connectivity index (χ3v) is 6.30. The predicted octanol–water partition coefficient (Wildman–Crippen LogP) is 6.32. The van der Waals surface area contributed by atoms with Crippen LogP contribution in [-0.2, 0) is 4.79 Å². The second-order valence-corrected chi connectivity index (χ2v) is 9.07. The topological polar surface area (TPSA) is 93.7 Å². The highest BCUT2D eigenvalue weighted by Crippen LogP contribution is 2.26. The first kappa shape index (κ1) is 28.6. The van der Waals surface area contributed by atoms with E-state index in [1.165, 1.54) is 26.4 Å². The maximum absolute atomic E-state index is 13.4. The first-order valence-electron chi connectivity index (χ1n) is 12.9. The third-order valence-electron chi connectivity index (χ3n) is 6.30. The summed E-state index contributed by atoms with van der Waals surface area (Å²) in [6.45, 7) is 1.98. The lowest BCUT2D eigenvalue weighted by atomic mass is 10.1. The molecule has 0 bridgehead atoms. The Bertz CT molecular complexity index is 1610. The van der Waals surface area contributed by atoms with Crippen LogP contribution in [0.5, 0.6) is 11.5 Å². The van der Waals surface area contributed by atoms with Crippen molar-refractivity contribution in [1.29, 1.82) is 0 Å². The van der Waals surface area contributed by atoms with Gasteiger partial charge in [0.25, 0.3) is 11.8 Å². The summed E-state index contributed by atoms with van der Waals surface area (Å²) in [5.41, 5.74) is 3.89. The van der Waals surface area contributed by atoms with Crippen molar-refractivity contribution >= 4 is 35.4 Å². The van der Waals surface area contributed by atoms with E-state index in [2.05, 4.69) is 10.6 Å². The van der Waals surface area contributed by atoms with Crippen molar-refractivity contribution in [2.45, 2.75) is 6.92 Å². The number of nitrogens with one attached hydrogen (secondary N) is 2. The Morgan fingerprint density at radius 3 is 2.12 bits per heavy atom. The molecule has 0 fully saturated rings. The van der Waals surface area contributed by atoms with Crippen molar-refractivity contribution in [3.05, 3.63) is 137 Å². The summed E-state index contributed by atoms with van der Waals surface area (Å²) in [6.07, 6.45) is 4.83. The van der Waals surface area contributed by atoms with Crippen molar-refractivity contribution < 1.29 is 23.9 Å². The minimum absolute atomic E-state index is 0.00766. The molecule has 0 spiro atoms. The summed E-state index contributed by atoms with van der Waals surface area (Å²) in [7, 11) is 3.05. The third kappa shape index (κ3) is 7.58. The van der Waals surface area contributed by atoms with Crippen LogP contribution in [0.3, 0.4) is 0 Å². The Balaban J connectivity index is 1.56. The fourth-order valence-corrected chi connectivity index (χ4v) is 4.00. The quantitative estimate of drug-likeness (QED) is 0.179. The fraction of sp³-hybridized carbons (Fsp3) is 0.0882. The highest BCUT2D eigenvalue weighted by Gasteiger charge is 2.17. The monoisotopic (exact) mass is 546 g/mol. The van der Waals surface area contributed by atoms with E-state index in [0.29, 0.717) is 33.9 Å². The normalized spacial score (nSPS) is 11.1. The molecule has 7 heteroatoms. The van der Waals surface area contributed by atoms with Crippen LogP contribution in [0.4, 0.5) is 5.69 Å². The lowest BCUT2D eigenvalue weighted by Gasteiger charge is -2.13. The highest BCUT2D eigenvalue weighted by atomic mass is 16.5.